The fourth-order valence-electron chi connectivity index (χ4n) is 1.85. The number of aryl methyl sites for hydroxylation is 1. The lowest BCUT2D eigenvalue weighted by atomic mass is 10.0. The molecule has 0 aliphatic heterocycles. The molecule has 2 rings (SSSR count). The molecule has 0 heterocycles. The topological polar surface area (TPSA) is 0 Å². The molecule has 0 N–H and O–H groups in total. The molecule has 98 valence electrons. The zero-order valence-corrected chi connectivity index (χ0v) is 11.1. The van der Waals surface area contributed by atoms with E-state index in [-0.39, 0.29) is 0 Å². The maximum absolute atomic E-state index is 13.4. The molecule has 0 saturated carbocycles. The van der Waals surface area contributed by atoms with E-state index in [4.69, 9.17) is 11.6 Å². The van der Waals surface area contributed by atoms with Gasteiger partial charge in [-0.15, -0.1) is 6.58 Å². The summed E-state index contributed by atoms with van der Waals surface area (Å²) in [6.45, 7) is 3.67. The fraction of sp³-hybridized carbons (Fsp3) is 0.125. The van der Waals surface area contributed by atoms with Gasteiger partial charge in [-0.05, 0) is 41.7 Å². The van der Waals surface area contributed by atoms with E-state index in [1.165, 1.54) is 17.7 Å². The molecule has 2 aromatic rings. The van der Waals surface area contributed by atoms with Gasteiger partial charge in [0, 0.05) is 0 Å². The van der Waals surface area contributed by atoms with Gasteiger partial charge in [-0.2, -0.15) is 0 Å². The van der Waals surface area contributed by atoms with Crippen molar-refractivity contribution in [1.29, 1.82) is 0 Å². The van der Waals surface area contributed by atoms with Gasteiger partial charge in [0.05, 0.1) is 0 Å². The summed E-state index contributed by atoms with van der Waals surface area (Å²) >= 11 is 5.46. The highest BCUT2D eigenvalue weighted by molar-refractivity contribution is 6.31. The Balaban J connectivity index is 2.29. The lowest BCUT2D eigenvalue weighted by Crippen LogP contribution is -1.88. The maximum atomic E-state index is 13.4. The van der Waals surface area contributed by atoms with Crippen LogP contribution in [-0.2, 0) is 6.42 Å². The van der Waals surface area contributed by atoms with Crippen molar-refractivity contribution in [2.75, 3.05) is 0 Å². The lowest BCUT2D eigenvalue weighted by Gasteiger charge is -2.06. The second kappa shape index (κ2) is 5.98. The van der Waals surface area contributed by atoms with Gasteiger partial charge in [0.15, 0.2) is 0 Å². The molecule has 0 fully saturated rings. The summed E-state index contributed by atoms with van der Waals surface area (Å²) in [6.07, 6.45) is 3.68. The van der Waals surface area contributed by atoms with E-state index in [2.05, 4.69) is 6.58 Å². The third-order valence-corrected chi connectivity index (χ3v) is 3.27. The minimum Gasteiger partial charge on any atom is -0.205 e. The largest absolute Gasteiger partial charge is 0.205 e. The van der Waals surface area contributed by atoms with Crippen LogP contribution in [0.3, 0.4) is 0 Å². The standard InChI is InChI=1S/C16H13ClF2/c1-2-3-4-11-5-7-12(8-6-11)13-9-14(18)16(17)15(19)10-13/h2,5-10H,1,3-4H2. The monoisotopic (exact) mass is 278 g/mol. The van der Waals surface area contributed by atoms with Crippen LogP contribution in [0.2, 0.25) is 5.02 Å². The molecule has 0 atom stereocenters. The van der Waals surface area contributed by atoms with Crippen molar-refractivity contribution >= 4 is 11.6 Å². The van der Waals surface area contributed by atoms with Crippen LogP contribution in [0.15, 0.2) is 49.1 Å². The van der Waals surface area contributed by atoms with Gasteiger partial charge < -0.3 is 0 Å². The number of hydrogen-bond donors (Lipinski definition) is 0. The Hall–Kier alpha value is -1.67. The normalized spacial score (nSPS) is 10.5. The van der Waals surface area contributed by atoms with Gasteiger partial charge >= 0.3 is 0 Å². The molecule has 3 heteroatoms. The second-order valence-corrected chi connectivity index (χ2v) is 4.66. The highest BCUT2D eigenvalue weighted by Gasteiger charge is 2.09. The van der Waals surface area contributed by atoms with E-state index in [1.54, 1.807) is 0 Å². The van der Waals surface area contributed by atoms with Crippen LogP contribution in [0.1, 0.15) is 12.0 Å². The smallest absolute Gasteiger partial charge is 0.145 e. The molecule has 0 amide bonds. The van der Waals surface area contributed by atoms with Crippen molar-refractivity contribution in [1.82, 2.24) is 0 Å². The summed E-state index contributed by atoms with van der Waals surface area (Å²) in [7, 11) is 0. The van der Waals surface area contributed by atoms with E-state index in [9.17, 15) is 8.78 Å². The molecule has 0 bridgehead atoms. The quantitative estimate of drug-likeness (QED) is 0.518. The van der Waals surface area contributed by atoms with E-state index < -0.39 is 16.7 Å². The molecule has 0 unspecified atom stereocenters. The summed E-state index contributed by atoms with van der Waals surface area (Å²) in [5.74, 6) is -1.49. The minimum absolute atomic E-state index is 0.466. The molecule has 0 aliphatic rings. The highest BCUT2D eigenvalue weighted by atomic mass is 35.5. The SMILES string of the molecule is C=CCCc1ccc(-c2cc(F)c(Cl)c(F)c2)cc1. The maximum Gasteiger partial charge on any atom is 0.145 e. The first-order valence-corrected chi connectivity index (χ1v) is 6.34. The summed E-state index contributed by atoms with van der Waals surface area (Å²) in [6, 6.07) is 10.1. The van der Waals surface area contributed by atoms with Crippen LogP contribution in [-0.4, -0.2) is 0 Å². The van der Waals surface area contributed by atoms with Gasteiger partial charge in [0.2, 0.25) is 0 Å². The Morgan fingerprint density at radius 3 is 2.11 bits per heavy atom. The molecule has 0 aliphatic carbocycles. The van der Waals surface area contributed by atoms with Crippen molar-refractivity contribution in [2.45, 2.75) is 12.8 Å². The molecular weight excluding hydrogens is 266 g/mol. The van der Waals surface area contributed by atoms with Gasteiger partial charge in [-0.25, -0.2) is 8.78 Å². The van der Waals surface area contributed by atoms with Gasteiger partial charge in [-0.1, -0.05) is 41.9 Å². The number of rotatable bonds is 4. The molecular formula is C16H13ClF2. The van der Waals surface area contributed by atoms with E-state index >= 15 is 0 Å². The average molecular weight is 279 g/mol. The van der Waals surface area contributed by atoms with Crippen molar-refractivity contribution in [2.24, 2.45) is 0 Å². The molecule has 19 heavy (non-hydrogen) atoms. The third kappa shape index (κ3) is 3.21. The van der Waals surface area contributed by atoms with Crippen LogP contribution < -0.4 is 0 Å². The zero-order valence-electron chi connectivity index (χ0n) is 10.3. The van der Waals surface area contributed by atoms with Gasteiger partial charge in [0.25, 0.3) is 0 Å². The molecule has 0 saturated heterocycles. The van der Waals surface area contributed by atoms with Crippen molar-refractivity contribution in [3.05, 3.63) is 71.3 Å². The lowest BCUT2D eigenvalue weighted by molar-refractivity contribution is 0.585. The number of halogens is 3. The first kappa shape index (κ1) is 13.8. The second-order valence-electron chi connectivity index (χ2n) is 4.28. The third-order valence-electron chi connectivity index (χ3n) is 2.91. The first-order valence-electron chi connectivity index (χ1n) is 5.96. The number of benzene rings is 2. The first-order chi connectivity index (χ1) is 9.11. The van der Waals surface area contributed by atoms with Crippen LogP contribution in [0.4, 0.5) is 8.78 Å². The molecule has 0 aromatic heterocycles. The van der Waals surface area contributed by atoms with Crippen LogP contribution >= 0.6 is 11.6 Å². The number of hydrogen-bond acceptors (Lipinski definition) is 0. The van der Waals surface area contributed by atoms with Crippen LogP contribution in [0.25, 0.3) is 11.1 Å². The van der Waals surface area contributed by atoms with Gasteiger partial charge in [0.1, 0.15) is 16.7 Å². The Labute approximate surface area is 116 Å². The molecule has 0 nitrogen and oxygen atoms in total. The van der Waals surface area contributed by atoms with Gasteiger partial charge in [-0.3, -0.25) is 0 Å². The average Bonchev–Trinajstić information content (AvgIpc) is 2.42. The van der Waals surface area contributed by atoms with Crippen LogP contribution in [0, 0.1) is 11.6 Å². The minimum atomic E-state index is -0.743. The Kier molecular flexibility index (Phi) is 4.33. The van der Waals surface area contributed by atoms with Crippen molar-refractivity contribution < 1.29 is 8.78 Å². The van der Waals surface area contributed by atoms with E-state index in [0.717, 1.165) is 18.4 Å². The molecule has 2 aromatic carbocycles. The fourth-order valence-corrected chi connectivity index (χ4v) is 1.96. The molecule has 0 spiro atoms. The Morgan fingerprint density at radius 1 is 1.00 bits per heavy atom. The predicted molar refractivity (Wildman–Crippen MR) is 75.3 cm³/mol. The Bertz CT molecular complexity index is 565. The zero-order chi connectivity index (χ0) is 13.8. The summed E-state index contributed by atoms with van der Waals surface area (Å²) in [4.78, 5) is 0. The predicted octanol–water partition coefficient (Wildman–Crippen LogP) is 5.40. The van der Waals surface area contributed by atoms with Crippen molar-refractivity contribution in [3.63, 3.8) is 0 Å². The van der Waals surface area contributed by atoms with E-state index in [1.807, 2.05) is 30.3 Å². The summed E-state index contributed by atoms with van der Waals surface area (Å²) in [5.41, 5.74) is 2.41. The molecule has 0 radical (unpaired) electrons. The summed E-state index contributed by atoms with van der Waals surface area (Å²) < 4.78 is 26.8. The highest BCUT2D eigenvalue weighted by Crippen LogP contribution is 2.27. The summed E-state index contributed by atoms with van der Waals surface area (Å²) in [5, 5.41) is -0.466. The van der Waals surface area contributed by atoms with Crippen LogP contribution in [0.5, 0.6) is 0 Å². The Morgan fingerprint density at radius 2 is 1.58 bits per heavy atom. The number of allylic oxidation sites excluding steroid dienone is 1. The van der Waals surface area contributed by atoms with Crippen molar-refractivity contribution in [3.8, 4) is 11.1 Å². The van der Waals surface area contributed by atoms with E-state index in [0.29, 0.717) is 5.56 Å².